The molecule has 3 heteroatoms. The van der Waals surface area contributed by atoms with Gasteiger partial charge in [-0.2, -0.15) is 0 Å². The maximum absolute atomic E-state index is 13.0. The fourth-order valence-corrected chi connectivity index (χ4v) is 5.06. The number of unbranched alkanes of at least 4 members (excludes halogenated alkanes) is 20. The number of ether oxygens (including phenoxy) is 1. The van der Waals surface area contributed by atoms with Crippen molar-refractivity contribution in [3.05, 3.63) is 0 Å². The summed E-state index contributed by atoms with van der Waals surface area (Å²) in [6.07, 6.45) is 30.7. The van der Waals surface area contributed by atoms with Gasteiger partial charge in [0.15, 0.2) is 0 Å². The van der Waals surface area contributed by atoms with Gasteiger partial charge in [-0.3, -0.25) is 0 Å². The molecule has 1 amide bonds. The highest BCUT2D eigenvalue weighted by molar-refractivity contribution is 5.68. The molecule has 0 aromatic carbocycles. The molecule has 0 saturated heterocycles. The summed E-state index contributed by atoms with van der Waals surface area (Å²) in [5.74, 6) is 0.356. The zero-order valence-electron chi connectivity index (χ0n) is 26.5. The van der Waals surface area contributed by atoms with Crippen LogP contribution in [0.5, 0.6) is 0 Å². The number of carbonyl (C=O) groups excluding carboxylic acids is 1. The van der Waals surface area contributed by atoms with Crippen molar-refractivity contribution in [2.45, 2.75) is 201 Å². The van der Waals surface area contributed by atoms with Gasteiger partial charge in [0.25, 0.3) is 0 Å². The fraction of sp³-hybridized carbons (Fsp3) is 0.971. The largest absolute Gasteiger partial charge is 0.446 e. The smallest absolute Gasteiger partial charge is 0.410 e. The van der Waals surface area contributed by atoms with Crippen LogP contribution in [0.3, 0.4) is 0 Å². The molecule has 2 atom stereocenters. The predicted molar refractivity (Wildman–Crippen MR) is 164 cm³/mol. The van der Waals surface area contributed by atoms with Gasteiger partial charge >= 0.3 is 6.09 Å². The zero-order valence-corrected chi connectivity index (χ0v) is 26.5. The third kappa shape index (κ3) is 22.9. The molecule has 2 unspecified atom stereocenters. The van der Waals surface area contributed by atoms with Crippen molar-refractivity contribution in [2.75, 3.05) is 6.54 Å². The SMILES string of the molecule is CCCCCCCCCCCCCCN(C(=O)OC(C)C(C)C)C(C)CCCCCCCCCCCC. The second kappa shape index (κ2) is 26.9. The third-order valence-electron chi connectivity index (χ3n) is 8.22. The lowest BCUT2D eigenvalue weighted by atomic mass is 10.0. The number of nitrogens with zero attached hydrogens (tertiary/aromatic N) is 1. The number of hydrogen-bond acceptors (Lipinski definition) is 2. The highest BCUT2D eigenvalue weighted by Crippen LogP contribution is 2.18. The summed E-state index contributed by atoms with van der Waals surface area (Å²) in [7, 11) is 0. The van der Waals surface area contributed by atoms with E-state index >= 15 is 0 Å². The van der Waals surface area contributed by atoms with E-state index in [-0.39, 0.29) is 18.2 Å². The zero-order chi connectivity index (χ0) is 27.6. The van der Waals surface area contributed by atoms with Gasteiger partial charge in [0, 0.05) is 12.6 Å². The minimum atomic E-state index is -0.0937. The van der Waals surface area contributed by atoms with Gasteiger partial charge in [0.2, 0.25) is 0 Å². The molecule has 37 heavy (non-hydrogen) atoms. The summed E-state index contributed by atoms with van der Waals surface area (Å²) in [5.41, 5.74) is 0. The lowest BCUT2D eigenvalue weighted by molar-refractivity contribution is 0.0401. The Labute approximate surface area is 234 Å². The van der Waals surface area contributed by atoms with Crippen molar-refractivity contribution < 1.29 is 9.53 Å². The lowest BCUT2D eigenvalue weighted by Gasteiger charge is -2.30. The van der Waals surface area contributed by atoms with Gasteiger partial charge in [0.1, 0.15) is 6.10 Å². The topological polar surface area (TPSA) is 29.5 Å². The molecule has 0 rings (SSSR count). The summed E-state index contributed by atoms with van der Waals surface area (Å²) in [6.45, 7) is 13.9. The molecule has 0 aromatic rings. The summed E-state index contributed by atoms with van der Waals surface area (Å²) in [6, 6.07) is 0.272. The molecule has 0 aliphatic rings. The molecular formula is C34H69NO2. The summed E-state index contributed by atoms with van der Waals surface area (Å²) in [5, 5.41) is 0. The maximum atomic E-state index is 13.0. The van der Waals surface area contributed by atoms with E-state index in [4.69, 9.17) is 4.74 Å². The second-order valence-corrected chi connectivity index (χ2v) is 12.2. The van der Waals surface area contributed by atoms with Crippen molar-refractivity contribution in [2.24, 2.45) is 5.92 Å². The van der Waals surface area contributed by atoms with Gasteiger partial charge < -0.3 is 9.64 Å². The van der Waals surface area contributed by atoms with Crippen molar-refractivity contribution in [1.82, 2.24) is 4.90 Å². The van der Waals surface area contributed by atoms with E-state index in [0.717, 1.165) is 19.4 Å². The third-order valence-corrected chi connectivity index (χ3v) is 8.22. The molecule has 0 aliphatic carbocycles. The summed E-state index contributed by atoms with van der Waals surface area (Å²) in [4.78, 5) is 15.1. The van der Waals surface area contributed by atoms with Crippen LogP contribution in [-0.2, 0) is 4.74 Å². The normalized spacial score (nSPS) is 13.2. The Morgan fingerprint density at radius 3 is 1.27 bits per heavy atom. The Balaban J connectivity index is 4.16. The molecule has 0 bridgehead atoms. The Kier molecular flexibility index (Phi) is 26.3. The van der Waals surface area contributed by atoms with E-state index in [0.29, 0.717) is 5.92 Å². The van der Waals surface area contributed by atoms with Crippen LogP contribution in [0.1, 0.15) is 189 Å². The average Bonchev–Trinajstić information content (AvgIpc) is 2.87. The number of hydrogen-bond donors (Lipinski definition) is 0. The highest BCUT2D eigenvalue weighted by atomic mass is 16.6. The molecule has 0 saturated carbocycles. The molecule has 0 aromatic heterocycles. The Morgan fingerprint density at radius 1 is 0.541 bits per heavy atom. The van der Waals surface area contributed by atoms with Crippen LogP contribution in [-0.4, -0.2) is 29.7 Å². The monoisotopic (exact) mass is 524 g/mol. The maximum Gasteiger partial charge on any atom is 0.410 e. The molecular weight excluding hydrogens is 454 g/mol. The second-order valence-electron chi connectivity index (χ2n) is 12.2. The minimum Gasteiger partial charge on any atom is -0.446 e. The van der Waals surface area contributed by atoms with Crippen LogP contribution < -0.4 is 0 Å². The van der Waals surface area contributed by atoms with Crippen LogP contribution >= 0.6 is 0 Å². The fourth-order valence-electron chi connectivity index (χ4n) is 5.06. The first-order chi connectivity index (χ1) is 17.9. The van der Waals surface area contributed by atoms with E-state index in [1.807, 2.05) is 11.8 Å². The lowest BCUT2D eigenvalue weighted by Crippen LogP contribution is -2.41. The van der Waals surface area contributed by atoms with Crippen LogP contribution in [0.15, 0.2) is 0 Å². The standard InChI is InChI=1S/C34H69NO2/c1-7-9-11-13-15-17-19-20-22-24-26-28-30-35(34(36)37-33(6)31(3)4)32(5)29-27-25-23-21-18-16-14-12-10-8-2/h31-33H,7-30H2,1-6H3. The van der Waals surface area contributed by atoms with Crippen molar-refractivity contribution in [3.63, 3.8) is 0 Å². The predicted octanol–water partition coefficient (Wildman–Crippen LogP) is 11.9. The van der Waals surface area contributed by atoms with Gasteiger partial charge in [-0.15, -0.1) is 0 Å². The average molecular weight is 524 g/mol. The van der Waals surface area contributed by atoms with Crippen LogP contribution in [0.2, 0.25) is 0 Å². The van der Waals surface area contributed by atoms with E-state index in [2.05, 4.69) is 34.6 Å². The molecule has 0 radical (unpaired) electrons. The Bertz CT molecular complexity index is 478. The first-order valence-electron chi connectivity index (χ1n) is 16.9. The number of rotatable bonds is 27. The molecule has 0 aliphatic heterocycles. The summed E-state index contributed by atoms with van der Waals surface area (Å²) >= 11 is 0. The van der Waals surface area contributed by atoms with Crippen LogP contribution in [0.4, 0.5) is 4.79 Å². The molecule has 0 heterocycles. The number of amides is 1. The van der Waals surface area contributed by atoms with Crippen LogP contribution in [0, 0.1) is 5.92 Å². The Morgan fingerprint density at radius 2 is 0.892 bits per heavy atom. The van der Waals surface area contributed by atoms with E-state index in [9.17, 15) is 4.79 Å². The molecule has 0 fully saturated rings. The Hall–Kier alpha value is -0.730. The highest BCUT2D eigenvalue weighted by Gasteiger charge is 2.23. The van der Waals surface area contributed by atoms with E-state index in [1.165, 1.54) is 135 Å². The molecule has 222 valence electrons. The van der Waals surface area contributed by atoms with Crippen molar-refractivity contribution in [3.8, 4) is 0 Å². The van der Waals surface area contributed by atoms with Gasteiger partial charge in [-0.1, -0.05) is 163 Å². The summed E-state index contributed by atoms with van der Waals surface area (Å²) < 4.78 is 5.84. The van der Waals surface area contributed by atoms with Crippen LogP contribution in [0.25, 0.3) is 0 Å². The van der Waals surface area contributed by atoms with Crippen molar-refractivity contribution in [1.29, 1.82) is 0 Å². The van der Waals surface area contributed by atoms with Gasteiger partial charge in [-0.25, -0.2) is 4.79 Å². The van der Waals surface area contributed by atoms with E-state index < -0.39 is 0 Å². The first kappa shape index (κ1) is 36.3. The quantitative estimate of drug-likeness (QED) is 0.100. The van der Waals surface area contributed by atoms with Gasteiger partial charge in [0.05, 0.1) is 0 Å². The minimum absolute atomic E-state index is 0.0264. The van der Waals surface area contributed by atoms with Crippen molar-refractivity contribution >= 4 is 6.09 Å². The molecule has 0 N–H and O–H groups in total. The first-order valence-corrected chi connectivity index (χ1v) is 16.9. The molecule has 0 spiro atoms. The molecule has 3 nitrogen and oxygen atoms in total. The number of carbonyl (C=O) groups is 1. The van der Waals surface area contributed by atoms with E-state index in [1.54, 1.807) is 0 Å². The van der Waals surface area contributed by atoms with Gasteiger partial charge in [-0.05, 0) is 32.6 Å².